The van der Waals surface area contributed by atoms with Crippen LogP contribution in [-0.4, -0.2) is 12.7 Å². The van der Waals surface area contributed by atoms with Gasteiger partial charge in [-0.05, 0) is 38.1 Å². The highest BCUT2D eigenvalue weighted by molar-refractivity contribution is 5.91. The van der Waals surface area contributed by atoms with Crippen LogP contribution < -0.4 is 15.5 Å². The van der Waals surface area contributed by atoms with Crippen LogP contribution >= 0.6 is 0 Å². The van der Waals surface area contributed by atoms with Crippen LogP contribution in [-0.2, 0) is 0 Å². The topological polar surface area (TPSA) is 27.3 Å². The van der Waals surface area contributed by atoms with Gasteiger partial charge in [0, 0.05) is 6.04 Å². The zero-order chi connectivity index (χ0) is 13.2. The first-order chi connectivity index (χ1) is 9.25. The lowest BCUT2D eigenvalue weighted by atomic mass is 10.1. The molecule has 3 nitrogen and oxygen atoms in total. The lowest BCUT2D eigenvalue weighted by molar-refractivity contribution is 0.595. The lowest BCUT2D eigenvalue weighted by Gasteiger charge is -2.34. The summed E-state index contributed by atoms with van der Waals surface area (Å²) < 4.78 is 0. The number of rotatable bonds is 3. The average molecular weight is 253 g/mol. The van der Waals surface area contributed by atoms with Crippen LogP contribution in [0, 0.1) is 0 Å². The highest BCUT2D eigenvalue weighted by atomic mass is 15.3. The van der Waals surface area contributed by atoms with Crippen LogP contribution in [0.2, 0.25) is 0 Å². The van der Waals surface area contributed by atoms with Gasteiger partial charge in [0.15, 0.2) is 0 Å². The fraction of sp³-hybridized carbons (Fsp3) is 0.250. The highest BCUT2D eigenvalue weighted by Gasteiger charge is 2.21. The lowest BCUT2D eigenvalue weighted by Crippen LogP contribution is -2.36. The molecule has 0 radical (unpaired) electrons. The van der Waals surface area contributed by atoms with E-state index in [1.807, 2.05) is 0 Å². The normalized spacial score (nSPS) is 12.9. The summed E-state index contributed by atoms with van der Waals surface area (Å²) >= 11 is 0. The van der Waals surface area contributed by atoms with Crippen molar-refractivity contribution in [2.45, 2.75) is 19.9 Å². The van der Waals surface area contributed by atoms with E-state index >= 15 is 0 Å². The minimum absolute atomic E-state index is 0.467. The highest BCUT2D eigenvalue weighted by Crippen LogP contribution is 2.42. The molecule has 0 atom stereocenters. The molecule has 0 saturated carbocycles. The summed E-state index contributed by atoms with van der Waals surface area (Å²) in [6.45, 7) is 5.15. The first-order valence-electron chi connectivity index (χ1n) is 6.72. The largest absolute Gasteiger partial charge is 0.352 e. The van der Waals surface area contributed by atoms with Gasteiger partial charge in [-0.2, -0.15) is 0 Å². The zero-order valence-corrected chi connectivity index (χ0v) is 11.4. The molecule has 0 saturated heterocycles. The Bertz CT molecular complexity index is 532. The second kappa shape index (κ2) is 4.94. The third kappa shape index (κ3) is 2.29. The molecule has 0 aliphatic carbocycles. The summed E-state index contributed by atoms with van der Waals surface area (Å²) in [6, 6.07) is 17.3. The summed E-state index contributed by atoms with van der Waals surface area (Å²) in [6.07, 6.45) is 0. The van der Waals surface area contributed by atoms with E-state index in [4.69, 9.17) is 0 Å². The molecule has 2 aromatic rings. The first kappa shape index (κ1) is 12.1. The molecule has 98 valence electrons. The number of nitrogens with one attached hydrogen (secondary N) is 2. The van der Waals surface area contributed by atoms with Gasteiger partial charge in [-0.15, -0.1) is 0 Å². The molecule has 2 N–H and O–H groups in total. The van der Waals surface area contributed by atoms with E-state index in [2.05, 4.69) is 77.9 Å². The molecular weight excluding hydrogens is 234 g/mol. The Hall–Kier alpha value is -2.00. The van der Waals surface area contributed by atoms with Crippen molar-refractivity contribution in [1.29, 1.82) is 0 Å². The van der Waals surface area contributed by atoms with Crippen molar-refractivity contribution in [3.8, 4) is 0 Å². The van der Waals surface area contributed by atoms with Crippen molar-refractivity contribution < 1.29 is 0 Å². The molecule has 2 aromatic carbocycles. The van der Waals surface area contributed by atoms with Crippen molar-refractivity contribution in [2.24, 2.45) is 0 Å². The Morgan fingerprint density at radius 1 is 0.947 bits per heavy atom. The van der Waals surface area contributed by atoms with Gasteiger partial charge in [0.05, 0.1) is 29.4 Å². The van der Waals surface area contributed by atoms with Gasteiger partial charge in [0.25, 0.3) is 0 Å². The molecule has 0 bridgehead atoms. The van der Waals surface area contributed by atoms with Crippen molar-refractivity contribution >= 4 is 22.7 Å². The third-order valence-corrected chi connectivity index (χ3v) is 3.32. The molecule has 19 heavy (non-hydrogen) atoms. The fourth-order valence-corrected chi connectivity index (χ4v) is 2.35. The maximum Gasteiger partial charge on any atom is 0.0735 e. The van der Waals surface area contributed by atoms with Crippen molar-refractivity contribution in [2.75, 3.05) is 16.9 Å². The Morgan fingerprint density at radius 2 is 1.47 bits per heavy atom. The van der Waals surface area contributed by atoms with Gasteiger partial charge in [-0.3, -0.25) is 5.32 Å². The Morgan fingerprint density at radius 3 is 2.00 bits per heavy atom. The average Bonchev–Trinajstić information content (AvgIpc) is 2.43. The van der Waals surface area contributed by atoms with Crippen molar-refractivity contribution in [1.82, 2.24) is 5.32 Å². The number of para-hydroxylation sites is 4. The molecule has 1 heterocycles. The van der Waals surface area contributed by atoms with Gasteiger partial charge in [-0.25, -0.2) is 0 Å². The summed E-state index contributed by atoms with van der Waals surface area (Å²) in [5.74, 6) is 0. The molecule has 0 amide bonds. The van der Waals surface area contributed by atoms with Crippen LogP contribution in [0.1, 0.15) is 13.8 Å². The number of hydrogen-bond donors (Lipinski definition) is 2. The third-order valence-electron chi connectivity index (χ3n) is 3.32. The second-order valence-electron chi connectivity index (χ2n) is 5.10. The van der Waals surface area contributed by atoms with Crippen LogP contribution in [0.5, 0.6) is 0 Å². The predicted octanol–water partition coefficient (Wildman–Crippen LogP) is 3.84. The molecule has 1 aliphatic heterocycles. The SMILES string of the molecule is CC(C)NCN1c2ccccc2Nc2ccccc21. The van der Waals surface area contributed by atoms with E-state index in [1.165, 1.54) is 11.4 Å². The fourth-order valence-electron chi connectivity index (χ4n) is 2.35. The van der Waals surface area contributed by atoms with Gasteiger partial charge >= 0.3 is 0 Å². The molecule has 0 unspecified atom stereocenters. The van der Waals surface area contributed by atoms with Gasteiger partial charge < -0.3 is 10.2 Å². The van der Waals surface area contributed by atoms with E-state index < -0.39 is 0 Å². The van der Waals surface area contributed by atoms with E-state index in [1.54, 1.807) is 0 Å². The summed E-state index contributed by atoms with van der Waals surface area (Å²) in [4.78, 5) is 2.32. The van der Waals surface area contributed by atoms with E-state index in [0.29, 0.717) is 6.04 Å². The Labute approximate surface area is 114 Å². The van der Waals surface area contributed by atoms with Crippen LogP contribution in [0.25, 0.3) is 0 Å². The predicted molar refractivity (Wildman–Crippen MR) is 81.4 cm³/mol. The molecule has 1 aliphatic rings. The molecule has 0 aromatic heterocycles. The summed E-state index contributed by atoms with van der Waals surface area (Å²) in [5, 5.41) is 6.98. The monoisotopic (exact) mass is 253 g/mol. The smallest absolute Gasteiger partial charge is 0.0735 e. The second-order valence-corrected chi connectivity index (χ2v) is 5.10. The Balaban J connectivity index is 2.01. The number of nitrogens with zero attached hydrogens (tertiary/aromatic N) is 1. The zero-order valence-electron chi connectivity index (χ0n) is 11.4. The molecule has 0 spiro atoms. The summed E-state index contributed by atoms with van der Waals surface area (Å²) in [7, 11) is 0. The van der Waals surface area contributed by atoms with Gasteiger partial charge in [0.1, 0.15) is 0 Å². The maximum atomic E-state index is 3.50. The number of anilines is 4. The number of hydrogen-bond acceptors (Lipinski definition) is 3. The number of fused-ring (bicyclic) bond motifs is 2. The van der Waals surface area contributed by atoms with Crippen LogP contribution in [0.15, 0.2) is 48.5 Å². The van der Waals surface area contributed by atoms with E-state index in [-0.39, 0.29) is 0 Å². The Kier molecular flexibility index (Phi) is 3.13. The van der Waals surface area contributed by atoms with Crippen molar-refractivity contribution in [3.05, 3.63) is 48.5 Å². The molecule has 0 fully saturated rings. The van der Waals surface area contributed by atoms with Crippen LogP contribution in [0.3, 0.4) is 0 Å². The molecule has 3 rings (SSSR count). The van der Waals surface area contributed by atoms with Gasteiger partial charge in [-0.1, -0.05) is 24.3 Å². The minimum atomic E-state index is 0.467. The van der Waals surface area contributed by atoms with Crippen molar-refractivity contribution in [3.63, 3.8) is 0 Å². The minimum Gasteiger partial charge on any atom is -0.352 e. The van der Waals surface area contributed by atoms with Crippen LogP contribution in [0.4, 0.5) is 22.7 Å². The quantitative estimate of drug-likeness (QED) is 0.870. The first-order valence-corrected chi connectivity index (χ1v) is 6.72. The maximum absolute atomic E-state index is 3.50. The number of benzene rings is 2. The summed E-state index contributed by atoms with van der Waals surface area (Å²) in [5.41, 5.74) is 4.75. The van der Waals surface area contributed by atoms with E-state index in [9.17, 15) is 0 Å². The van der Waals surface area contributed by atoms with Gasteiger partial charge in [0.2, 0.25) is 0 Å². The standard InChI is InChI=1S/C16H19N3/c1-12(2)17-11-19-15-9-5-3-7-13(15)18-14-8-4-6-10-16(14)19/h3-10,12,17-18H,11H2,1-2H3. The molecular formula is C16H19N3. The van der Waals surface area contributed by atoms with E-state index in [0.717, 1.165) is 18.0 Å². The molecule has 3 heteroatoms.